The molecule has 34 heavy (non-hydrogen) atoms. The lowest BCUT2D eigenvalue weighted by molar-refractivity contribution is 0.0731. The van der Waals surface area contributed by atoms with Crippen LogP contribution in [0.25, 0.3) is 11.3 Å². The van der Waals surface area contributed by atoms with Crippen molar-refractivity contribution in [3.05, 3.63) is 69.1 Å². The number of methoxy groups -OCH3 is 2. The van der Waals surface area contributed by atoms with Crippen molar-refractivity contribution in [2.24, 2.45) is 0 Å². The van der Waals surface area contributed by atoms with Gasteiger partial charge >= 0.3 is 0 Å². The maximum absolute atomic E-state index is 13.5. The third-order valence-electron chi connectivity index (χ3n) is 6.40. The molecule has 2 aliphatic rings. The molecule has 1 amide bonds. The van der Waals surface area contributed by atoms with Crippen molar-refractivity contribution in [1.82, 2.24) is 14.9 Å². The minimum atomic E-state index is -0.331. The number of hydrogen-bond acceptors (Lipinski definition) is 6. The molecule has 0 radical (unpaired) electrons. The Morgan fingerprint density at radius 1 is 1.09 bits per heavy atom. The molecule has 0 saturated heterocycles. The molecule has 8 nitrogen and oxygen atoms in total. The van der Waals surface area contributed by atoms with Crippen LogP contribution in [0.2, 0.25) is 0 Å². The van der Waals surface area contributed by atoms with E-state index in [2.05, 4.69) is 9.97 Å². The zero-order valence-corrected chi connectivity index (χ0v) is 19.3. The zero-order chi connectivity index (χ0) is 23.7. The summed E-state index contributed by atoms with van der Waals surface area (Å²) in [4.78, 5) is 35.3. The van der Waals surface area contributed by atoms with E-state index in [9.17, 15) is 9.59 Å². The molecule has 3 aromatic rings. The Morgan fingerprint density at radius 3 is 2.76 bits per heavy atom. The highest BCUT2D eigenvalue weighted by Crippen LogP contribution is 2.38. The van der Waals surface area contributed by atoms with Crippen LogP contribution >= 0.6 is 0 Å². The van der Waals surface area contributed by atoms with Gasteiger partial charge in [0.05, 0.1) is 26.5 Å². The molecule has 0 saturated carbocycles. The summed E-state index contributed by atoms with van der Waals surface area (Å²) in [5.74, 6) is 1.38. The van der Waals surface area contributed by atoms with Gasteiger partial charge in [-0.1, -0.05) is 6.07 Å². The Labute approximate surface area is 197 Å². The number of pyridine rings is 2. The molecule has 2 aromatic heterocycles. The van der Waals surface area contributed by atoms with Crippen LogP contribution < -0.4 is 19.8 Å². The molecule has 8 heteroatoms. The van der Waals surface area contributed by atoms with Crippen molar-refractivity contribution in [1.29, 1.82) is 0 Å². The number of fused-ring (bicyclic) bond motifs is 2. The number of aromatic amines is 1. The first kappa shape index (κ1) is 22.0. The fraction of sp³-hybridized carbons (Fsp3) is 0.346. The van der Waals surface area contributed by atoms with Crippen molar-refractivity contribution in [3.8, 4) is 28.6 Å². The standard InChI is InChI=1S/C26H27N3O5/c1-32-22-14-17(21-8-5-9-23(27-21)33-2)12-18-15-29(10-11-34-24(18)22)26(31)19-13-16-6-3-4-7-20(16)28-25(19)30/h5,8-9,12-14H,3-4,6-7,10-11,15H2,1-2H3,(H,28,30). The van der Waals surface area contributed by atoms with Crippen LogP contribution in [-0.4, -0.2) is 48.1 Å². The first-order chi connectivity index (χ1) is 16.6. The Kier molecular flexibility index (Phi) is 5.96. The summed E-state index contributed by atoms with van der Waals surface area (Å²) in [6.07, 6.45) is 3.86. The van der Waals surface area contributed by atoms with Crippen LogP contribution in [0.5, 0.6) is 17.4 Å². The topological polar surface area (TPSA) is 93.8 Å². The third-order valence-corrected chi connectivity index (χ3v) is 6.40. The molecule has 0 spiro atoms. The molecule has 0 fully saturated rings. The Morgan fingerprint density at radius 2 is 1.94 bits per heavy atom. The van der Waals surface area contributed by atoms with Crippen molar-refractivity contribution in [2.45, 2.75) is 32.2 Å². The number of benzene rings is 1. The average molecular weight is 462 g/mol. The number of aryl methyl sites for hydroxylation is 2. The summed E-state index contributed by atoms with van der Waals surface area (Å²) in [5.41, 5.74) is 4.20. The number of aromatic nitrogens is 2. The van der Waals surface area contributed by atoms with E-state index in [-0.39, 0.29) is 17.0 Å². The van der Waals surface area contributed by atoms with Gasteiger partial charge in [0.25, 0.3) is 11.5 Å². The monoisotopic (exact) mass is 461 g/mol. The van der Waals surface area contributed by atoms with Gasteiger partial charge in [-0.2, -0.15) is 0 Å². The van der Waals surface area contributed by atoms with Gasteiger partial charge < -0.3 is 24.1 Å². The molecule has 0 unspecified atom stereocenters. The lowest BCUT2D eigenvalue weighted by Crippen LogP contribution is -2.36. The number of nitrogens with zero attached hydrogens (tertiary/aromatic N) is 2. The van der Waals surface area contributed by atoms with Crippen LogP contribution in [0.4, 0.5) is 0 Å². The van der Waals surface area contributed by atoms with Gasteiger partial charge in [-0.05, 0) is 55.5 Å². The van der Waals surface area contributed by atoms with Crippen molar-refractivity contribution >= 4 is 5.91 Å². The van der Waals surface area contributed by atoms with Gasteiger partial charge in [0.15, 0.2) is 11.5 Å². The van der Waals surface area contributed by atoms with Crippen LogP contribution in [0.1, 0.15) is 40.0 Å². The lowest BCUT2D eigenvalue weighted by Gasteiger charge is -2.21. The van der Waals surface area contributed by atoms with E-state index in [0.29, 0.717) is 42.8 Å². The predicted molar refractivity (Wildman–Crippen MR) is 127 cm³/mol. The van der Waals surface area contributed by atoms with E-state index in [1.807, 2.05) is 24.3 Å². The molecule has 176 valence electrons. The van der Waals surface area contributed by atoms with Gasteiger partial charge in [-0.3, -0.25) is 9.59 Å². The number of rotatable bonds is 4. The fourth-order valence-corrected chi connectivity index (χ4v) is 4.65. The number of carbonyl (C=O) groups is 1. The van der Waals surface area contributed by atoms with Crippen molar-refractivity contribution in [3.63, 3.8) is 0 Å². The Hall–Kier alpha value is -3.81. The van der Waals surface area contributed by atoms with Gasteiger partial charge in [-0.25, -0.2) is 4.98 Å². The quantitative estimate of drug-likeness (QED) is 0.640. The molecule has 1 aromatic carbocycles. The predicted octanol–water partition coefficient (Wildman–Crippen LogP) is 3.37. The molecular weight excluding hydrogens is 434 g/mol. The molecular formula is C26H27N3O5. The number of carbonyl (C=O) groups excluding carboxylic acids is 1. The van der Waals surface area contributed by atoms with E-state index in [4.69, 9.17) is 14.2 Å². The van der Waals surface area contributed by atoms with E-state index in [1.165, 1.54) is 0 Å². The van der Waals surface area contributed by atoms with Crippen LogP contribution in [0.3, 0.4) is 0 Å². The molecule has 0 bridgehead atoms. The number of hydrogen-bond donors (Lipinski definition) is 1. The smallest absolute Gasteiger partial charge is 0.261 e. The van der Waals surface area contributed by atoms with Crippen LogP contribution in [-0.2, 0) is 19.4 Å². The first-order valence-corrected chi connectivity index (χ1v) is 11.5. The Balaban J connectivity index is 1.50. The highest BCUT2D eigenvalue weighted by atomic mass is 16.5. The number of nitrogens with one attached hydrogen (secondary N) is 1. The maximum atomic E-state index is 13.5. The average Bonchev–Trinajstić information content (AvgIpc) is 3.10. The normalized spacial score (nSPS) is 14.9. The summed E-state index contributed by atoms with van der Waals surface area (Å²) < 4.78 is 16.9. The van der Waals surface area contributed by atoms with Gasteiger partial charge in [0, 0.05) is 29.4 Å². The Bertz CT molecular complexity index is 1300. The SMILES string of the molecule is COc1cccc(-c2cc3c(c(OC)c2)OCCN(C(=O)c2cc4c([nH]c2=O)CCCC4)C3)n1. The molecule has 5 rings (SSSR count). The number of H-pyrrole nitrogens is 1. The molecule has 1 aliphatic carbocycles. The van der Waals surface area contributed by atoms with Crippen LogP contribution in [0.15, 0.2) is 41.2 Å². The summed E-state index contributed by atoms with van der Waals surface area (Å²) in [6, 6.07) is 11.1. The first-order valence-electron chi connectivity index (χ1n) is 11.5. The largest absolute Gasteiger partial charge is 0.493 e. The molecule has 3 heterocycles. The van der Waals surface area contributed by atoms with E-state index < -0.39 is 0 Å². The van der Waals surface area contributed by atoms with Crippen molar-refractivity contribution < 1.29 is 19.0 Å². The highest BCUT2D eigenvalue weighted by Gasteiger charge is 2.27. The lowest BCUT2D eigenvalue weighted by atomic mass is 9.95. The van der Waals surface area contributed by atoms with E-state index in [1.54, 1.807) is 31.3 Å². The van der Waals surface area contributed by atoms with E-state index in [0.717, 1.165) is 48.1 Å². The van der Waals surface area contributed by atoms with Gasteiger partial charge in [-0.15, -0.1) is 0 Å². The molecule has 0 atom stereocenters. The summed E-state index contributed by atoms with van der Waals surface area (Å²) >= 11 is 0. The highest BCUT2D eigenvalue weighted by molar-refractivity contribution is 5.94. The summed E-state index contributed by atoms with van der Waals surface area (Å²) in [6.45, 7) is 0.952. The maximum Gasteiger partial charge on any atom is 0.261 e. The molecule has 1 aliphatic heterocycles. The third kappa shape index (κ3) is 4.11. The number of ether oxygens (including phenoxy) is 3. The minimum Gasteiger partial charge on any atom is -0.493 e. The summed E-state index contributed by atoms with van der Waals surface area (Å²) in [7, 11) is 3.16. The minimum absolute atomic E-state index is 0.182. The van der Waals surface area contributed by atoms with Crippen LogP contribution in [0, 0.1) is 0 Å². The van der Waals surface area contributed by atoms with E-state index >= 15 is 0 Å². The second-order valence-electron chi connectivity index (χ2n) is 8.53. The zero-order valence-electron chi connectivity index (χ0n) is 19.3. The second kappa shape index (κ2) is 9.21. The van der Waals surface area contributed by atoms with Gasteiger partial charge in [0.1, 0.15) is 12.2 Å². The van der Waals surface area contributed by atoms with Crippen molar-refractivity contribution in [2.75, 3.05) is 27.4 Å². The molecule has 1 N–H and O–H groups in total. The summed E-state index contributed by atoms with van der Waals surface area (Å²) in [5, 5.41) is 0. The van der Waals surface area contributed by atoms with Gasteiger partial charge in [0.2, 0.25) is 5.88 Å². The number of amides is 1. The fourth-order valence-electron chi connectivity index (χ4n) is 4.65. The second-order valence-corrected chi connectivity index (χ2v) is 8.53.